The van der Waals surface area contributed by atoms with Crippen LogP contribution in [0.4, 0.5) is 4.79 Å². The molecular formula is C25H30N4O3. The zero-order chi connectivity index (χ0) is 22.7. The molecular weight excluding hydrogens is 404 g/mol. The Morgan fingerprint density at radius 2 is 1.75 bits per heavy atom. The lowest BCUT2D eigenvalue weighted by molar-refractivity contribution is -0.140. The maximum absolute atomic E-state index is 13.2. The summed E-state index contributed by atoms with van der Waals surface area (Å²) in [5, 5.41) is 3.63. The monoisotopic (exact) mass is 434 g/mol. The SMILES string of the molecule is CCC1(c2ccccc2)NC(=O)N(NC(=O)CN(CC2CC2)C(C)c2ccccc2)C1=O. The summed E-state index contributed by atoms with van der Waals surface area (Å²) in [5.41, 5.74) is 3.22. The summed E-state index contributed by atoms with van der Waals surface area (Å²) < 4.78 is 0. The van der Waals surface area contributed by atoms with Gasteiger partial charge in [-0.15, -0.1) is 0 Å². The lowest BCUT2D eigenvalue weighted by Crippen LogP contribution is -2.51. The van der Waals surface area contributed by atoms with E-state index in [-0.39, 0.29) is 18.5 Å². The number of urea groups is 1. The fourth-order valence-corrected chi connectivity index (χ4v) is 4.32. The molecule has 2 atom stereocenters. The number of amides is 4. The zero-order valence-corrected chi connectivity index (χ0v) is 18.6. The molecule has 1 saturated carbocycles. The average Bonchev–Trinajstić information content (AvgIpc) is 3.61. The second-order valence-corrected chi connectivity index (χ2v) is 8.69. The van der Waals surface area contributed by atoms with Crippen LogP contribution in [0.1, 0.15) is 50.3 Å². The van der Waals surface area contributed by atoms with Crippen molar-refractivity contribution in [1.29, 1.82) is 0 Å². The molecule has 2 unspecified atom stereocenters. The van der Waals surface area contributed by atoms with Crippen molar-refractivity contribution in [1.82, 2.24) is 20.7 Å². The van der Waals surface area contributed by atoms with E-state index < -0.39 is 17.5 Å². The number of hydrazine groups is 1. The predicted molar refractivity (Wildman–Crippen MR) is 121 cm³/mol. The van der Waals surface area contributed by atoms with Crippen molar-refractivity contribution >= 4 is 17.8 Å². The predicted octanol–water partition coefficient (Wildman–Crippen LogP) is 3.35. The van der Waals surface area contributed by atoms with Crippen molar-refractivity contribution in [2.45, 2.75) is 44.7 Å². The van der Waals surface area contributed by atoms with Crippen molar-refractivity contribution in [2.24, 2.45) is 5.92 Å². The van der Waals surface area contributed by atoms with Gasteiger partial charge in [0.1, 0.15) is 5.54 Å². The molecule has 7 heteroatoms. The Labute approximate surface area is 188 Å². The molecule has 0 radical (unpaired) electrons. The largest absolute Gasteiger partial charge is 0.344 e. The van der Waals surface area contributed by atoms with Gasteiger partial charge in [-0.3, -0.25) is 19.9 Å². The highest BCUT2D eigenvalue weighted by molar-refractivity contribution is 6.08. The van der Waals surface area contributed by atoms with Gasteiger partial charge in [0.25, 0.3) is 11.8 Å². The lowest BCUT2D eigenvalue weighted by atomic mass is 9.87. The zero-order valence-electron chi connectivity index (χ0n) is 18.6. The van der Waals surface area contributed by atoms with E-state index in [2.05, 4.69) is 34.7 Å². The van der Waals surface area contributed by atoms with Gasteiger partial charge in [-0.25, -0.2) is 4.79 Å². The number of hydrogen-bond donors (Lipinski definition) is 2. The van der Waals surface area contributed by atoms with Crippen molar-refractivity contribution in [3.05, 3.63) is 71.8 Å². The molecule has 0 spiro atoms. The molecule has 2 aliphatic rings. The first-order chi connectivity index (χ1) is 15.4. The molecule has 4 amide bonds. The van der Waals surface area contributed by atoms with Crippen LogP contribution in [0.25, 0.3) is 0 Å². The summed E-state index contributed by atoms with van der Waals surface area (Å²) in [6, 6.07) is 18.6. The number of nitrogens with one attached hydrogen (secondary N) is 2. The van der Waals surface area contributed by atoms with Crippen molar-refractivity contribution in [3.8, 4) is 0 Å². The van der Waals surface area contributed by atoms with Gasteiger partial charge in [-0.05, 0) is 43.2 Å². The highest BCUT2D eigenvalue weighted by atomic mass is 16.2. The van der Waals surface area contributed by atoms with E-state index in [1.165, 1.54) is 12.8 Å². The molecule has 168 valence electrons. The fourth-order valence-electron chi connectivity index (χ4n) is 4.32. The minimum atomic E-state index is -1.17. The van der Waals surface area contributed by atoms with Crippen LogP contribution in [-0.4, -0.2) is 40.8 Å². The minimum absolute atomic E-state index is 0.0460. The molecule has 4 rings (SSSR count). The molecule has 7 nitrogen and oxygen atoms in total. The smallest absolute Gasteiger partial charge is 0.318 e. The normalized spacial score (nSPS) is 21.5. The molecule has 1 aliphatic heterocycles. The molecule has 2 fully saturated rings. The van der Waals surface area contributed by atoms with Gasteiger partial charge in [0.15, 0.2) is 0 Å². The van der Waals surface area contributed by atoms with Crippen LogP contribution in [0, 0.1) is 5.92 Å². The molecule has 1 aliphatic carbocycles. The Kier molecular flexibility index (Phi) is 6.28. The third-order valence-electron chi connectivity index (χ3n) is 6.49. The Hall–Kier alpha value is -3.19. The highest BCUT2D eigenvalue weighted by Crippen LogP contribution is 2.33. The topological polar surface area (TPSA) is 81.8 Å². The second kappa shape index (κ2) is 9.12. The van der Waals surface area contributed by atoms with E-state index in [9.17, 15) is 14.4 Å². The molecule has 32 heavy (non-hydrogen) atoms. The van der Waals surface area contributed by atoms with Crippen molar-refractivity contribution in [3.63, 3.8) is 0 Å². The summed E-state index contributed by atoms with van der Waals surface area (Å²) >= 11 is 0. The van der Waals surface area contributed by atoms with Gasteiger partial charge in [-0.2, -0.15) is 5.01 Å². The van der Waals surface area contributed by atoms with E-state index in [0.29, 0.717) is 17.9 Å². The third kappa shape index (κ3) is 4.39. The molecule has 1 heterocycles. The van der Waals surface area contributed by atoms with Crippen LogP contribution in [0.2, 0.25) is 0 Å². The Balaban J connectivity index is 1.47. The van der Waals surface area contributed by atoms with Crippen LogP contribution >= 0.6 is 0 Å². The molecule has 0 aromatic heterocycles. The summed E-state index contributed by atoms with van der Waals surface area (Å²) in [6.07, 6.45) is 2.72. The van der Waals surface area contributed by atoms with Crippen LogP contribution in [0.5, 0.6) is 0 Å². The molecule has 2 aromatic rings. The van der Waals surface area contributed by atoms with Gasteiger partial charge < -0.3 is 5.32 Å². The Morgan fingerprint density at radius 3 is 2.34 bits per heavy atom. The summed E-state index contributed by atoms with van der Waals surface area (Å²) in [7, 11) is 0. The van der Waals surface area contributed by atoms with Crippen LogP contribution in [-0.2, 0) is 15.1 Å². The van der Waals surface area contributed by atoms with Gasteiger partial charge in [0.2, 0.25) is 0 Å². The first kappa shape index (κ1) is 22.0. The van der Waals surface area contributed by atoms with Crippen LogP contribution in [0.3, 0.4) is 0 Å². The Morgan fingerprint density at radius 1 is 1.12 bits per heavy atom. The maximum atomic E-state index is 13.2. The van der Waals surface area contributed by atoms with Gasteiger partial charge in [0, 0.05) is 12.6 Å². The molecule has 1 saturated heterocycles. The summed E-state index contributed by atoms with van der Waals surface area (Å²) in [4.78, 5) is 41.0. The van der Waals surface area contributed by atoms with Crippen molar-refractivity contribution in [2.75, 3.05) is 13.1 Å². The number of carbonyl (C=O) groups is 3. The summed E-state index contributed by atoms with van der Waals surface area (Å²) in [6.45, 7) is 4.84. The summed E-state index contributed by atoms with van der Waals surface area (Å²) in [5.74, 6) is -0.247. The van der Waals surface area contributed by atoms with E-state index in [1.54, 1.807) is 0 Å². The Bertz CT molecular complexity index is 977. The first-order valence-corrected chi connectivity index (χ1v) is 11.3. The third-order valence-corrected chi connectivity index (χ3v) is 6.49. The van der Waals surface area contributed by atoms with Gasteiger partial charge in [-0.1, -0.05) is 67.6 Å². The number of nitrogens with zero attached hydrogens (tertiary/aromatic N) is 2. The highest BCUT2D eigenvalue weighted by Gasteiger charge is 2.52. The molecule has 2 aromatic carbocycles. The van der Waals surface area contributed by atoms with Gasteiger partial charge >= 0.3 is 6.03 Å². The first-order valence-electron chi connectivity index (χ1n) is 11.3. The maximum Gasteiger partial charge on any atom is 0.344 e. The fraction of sp³-hybridized carbons (Fsp3) is 0.400. The van der Waals surface area contributed by atoms with Gasteiger partial charge in [0.05, 0.1) is 6.54 Å². The van der Waals surface area contributed by atoms with Crippen molar-refractivity contribution < 1.29 is 14.4 Å². The number of carbonyl (C=O) groups excluding carboxylic acids is 3. The average molecular weight is 435 g/mol. The van der Waals surface area contributed by atoms with E-state index >= 15 is 0 Å². The quantitative estimate of drug-likeness (QED) is 0.593. The lowest BCUT2D eigenvalue weighted by Gasteiger charge is -2.29. The minimum Gasteiger partial charge on any atom is -0.318 e. The van der Waals surface area contributed by atoms with E-state index in [0.717, 1.165) is 17.1 Å². The van der Waals surface area contributed by atoms with E-state index in [4.69, 9.17) is 0 Å². The second-order valence-electron chi connectivity index (χ2n) is 8.69. The van der Waals surface area contributed by atoms with Crippen LogP contribution < -0.4 is 10.7 Å². The molecule has 2 N–H and O–H groups in total. The number of hydrogen-bond acceptors (Lipinski definition) is 4. The number of imide groups is 1. The molecule has 0 bridgehead atoms. The van der Waals surface area contributed by atoms with E-state index in [1.807, 2.05) is 55.5 Å². The number of rotatable bonds is 9. The number of benzene rings is 2. The standard InChI is InChI=1S/C25H30N4O3/c1-3-25(21-12-8-5-9-13-21)23(31)29(24(32)26-25)27-22(30)17-28(16-19-14-15-19)18(2)20-10-6-4-7-11-20/h4-13,18-19H,3,14-17H2,1-2H3,(H,26,32)(H,27,30). The van der Waals surface area contributed by atoms with Crippen LogP contribution in [0.15, 0.2) is 60.7 Å².